The molecule has 0 saturated heterocycles. The van der Waals surface area contributed by atoms with Crippen molar-refractivity contribution in [2.75, 3.05) is 12.3 Å². The first kappa shape index (κ1) is 18.2. The van der Waals surface area contributed by atoms with Crippen LogP contribution >= 0.6 is 0 Å². The molecule has 0 aliphatic heterocycles. The van der Waals surface area contributed by atoms with Crippen molar-refractivity contribution in [2.45, 2.75) is 59.0 Å². The highest BCUT2D eigenvalue weighted by molar-refractivity contribution is 7.86. The summed E-state index contributed by atoms with van der Waals surface area (Å²) in [4.78, 5) is 11.7. The van der Waals surface area contributed by atoms with Crippen molar-refractivity contribution in [1.29, 1.82) is 0 Å². The van der Waals surface area contributed by atoms with Crippen molar-refractivity contribution >= 4 is 16.3 Å². The fraction of sp³-hybridized carbons (Fsp3) is 0.929. The second-order valence-corrected chi connectivity index (χ2v) is 8.49. The Morgan fingerprint density at radius 1 is 1.38 bits per heavy atom. The van der Waals surface area contributed by atoms with Crippen LogP contribution in [-0.4, -0.2) is 32.4 Å². The maximum atomic E-state index is 12.6. The Kier molecular flexibility index (Phi) is 5.63. The van der Waals surface area contributed by atoms with Gasteiger partial charge in [0.2, 0.25) is 0 Å². The summed E-state index contributed by atoms with van der Waals surface area (Å²) in [5.74, 6) is -0.422. The first-order valence-electron chi connectivity index (χ1n) is 7.33. The monoisotopic (exact) mass is 323 g/mol. The van der Waals surface area contributed by atoms with E-state index in [-0.39, 0.29) is 17.8 Å². The topological polar surface area (TPSA) is 72.5 Å². The Bertz CT molecular complexity index is 466. The molecule has 7 heteroatoms. The van der Waals surface area contributed by atoms with E-state index in [0.717, 1.165) is 19.3 Å². The Hall–Kier alpha value is -0.850. The second-order valence-electron chi connectivity index (χ2n) is 7.00. The fourth-order valence-electron chi connectivity index (χ4n) is 2.66. The molecular weight excluding hydrogens is 297 g/mol. The molecule has 0 heterocycles. The number of rotatable bonds is 6. The lowest BCUT2D eigenvalue weighted by molar-refractivity contribution is 0.0307. The van der Waals surface area contributed by atoms with E-state index in [4.69, 9.17) is 4.74 Å². The van der Waals surface area contributed by atoms with E-state index < -0.39 is 27.7 Å². The summed E-state index contributed by atoms with van der Waals surface area (Å²) in [7, 11) is -4.43. The number of hydrogen-bond donors (Lipinski definition) is 1. The van der Waals surface area contributed by atoms with Crippen molar-refractivity contribution in [3.63, 3.8) is 0 Å². The highest BCUT2D eigenvalue weighted by Gasteiger charge is 2.42. The van der Waals surface area contributed by atoms with Gasteiger partial charge in [-0.05, 0) is 51.4 Å². The molecule has 0 radical (unpaired) electrons. The minimum absolute atomic E-state index is 0.0340. The first-order chi connectivity index (χ1) is 9.44. The lowest BCUT2D eigenvalue weighted by Crippen LogP contribution is -2.47. The SMILES string of the molecule is CC(CCS(=O)(=O)F)C1(CNC(=O)OC(C)(C)C)CCC1. The number of carbonyl (C=O) groups is 1. The summed E-state index contributed by atoms with van der Waals surface area (Å²) < 4.78 is 39.1. The Labute approximate surface area is 126 Å². The summed E-state index contributed by atoms with van der Waals surface area (Å²) >= 11 is 0. The first-order valence-corrected chi connectivity index (χ1v) is 8.88. The number of carbonyl (C=O) groups excluding carboxylic acids is 1. The van der Waals surface area contributed by atoms with Gasteiger partial charge in [0.15, 0.2) is 0 Å². The molecule has 1 saturated carbocycles. The molecule has 0 aromatic rings. The summed E-state index contributed by atoms with van der Waals surface area (Å²) in [6.07, 6.45) is 2.67. The number of hydrogen-bond acceptors (Lipinski definition) is 4. The van der Waals surface area contributed by atoms with Crippen LogP contribution < -0.4 is 5.32 Å². The maximum Gasteiger partial charge on any atom is 0.407 e. The molecule has 0 spiro atoms. The molecule has 0 aromatic heterocycles. The maximum absolute atomic E-state index is 12.6. The molecule has 1 atom stereocenters. The van der Waals surface area contributed by atoms with Crippen molar-refractivity contribution in [3.8, 4) is 0 Å². The number of halogens is 1. The van der Waals surface area contributed by atoms with Gasteiger partial charge < -0.3 is 10.1 Å². The van der Waals surface area contributed by atoms with Crippen LogP contribution in [-0.2, 0) is 15.0 Å². The number of amides is 1. The molecule has 1 aliphatic carbocycles. The largest absolute Gasteiger partial charge is 0.444 e. The van der Waals surface area contributed by atoms with Gasteiger partial charge in [0.25, 0.3) is 0 Å². The van der Waals surface area contributed by atoms with Crippen molar-refractivity contribution in [3.05, 3.63) is 0 Å². The standard InChI is InChI=1S/C14H26FNO4S/c1-11(6-9-21(15,18)19)14(7-5-8-14)10-16-12(17)20-13(2,3)4/h11H,5-10H2,1-4H3,(H,16,17). The summed E-state index contributed by atoms with van der Waals surface area (Å²) in [5, 5.41) is 2.76. The van der Waals surface area contributed by atoms with E-state index in [2.05, 4.69) is 5.32 Å². The zero-order valence-electron chi connectivity index (χ0n) is 13.2. The predicted octanol–water partition coefficient (Wildman–Crippen LogP) is 3.01. The molecular formula is C14H26FNO4S. The quantitative estimate of drug-likeness (QED) is 0.763. The molecule has 1 aliphatic rings. The smallest absolute Gasteiger partial charge is 0.407 e. The third-order valence-electron chi connectivity index (χ3n) is 4.17. The normalized spacial score (nSPS) is 19.5. The van der Waals surface area contributed by atoms with Crippen LogP contribution in [0.25, 0.3) is 0 Å². The van der Waals surface area contributed by atoms with Crippen LogP contribution in [0.5, 0.6) is 0 Å². The molecule has 1 amide bonds. The van der Waals surface area contributed by atoms with Crippen molar-refractivity contribution in [1.82, 2.24) is 5.32 Å². The zero-order valence-corrected chi connectivity index (χ0v) is 14.1. The second kappa shape index (κ2) is 6.50. The van der Waals surface area contributed by atoms with Gasteiger partial charge in [-0.1, -0.05) is 13.3 Å². The average molecular weight is 323 g/mol. The minimum atomic E-state index is -4.43. The molecule has 1 unspecified atom stereocenters. The van der Waals surface area contributed by atoms with Gasteiger partial charge in [0.1, 0.15) is 5.60 Å². The zero-order chi connectivity index (χ0) is 16.3. The molecule has 1 fully saturated rings. The van der Waals surface area contributed by atoms with Crippen molar-refractivity contribution in [2.24, 2.45) is 11.3 Å². The lowest BCUT2D eigenvalue weighted by Gasteiger charge is -2.47. The van der Waals surface area contributed by atoms with Crippen molar-refractivity contribution < 1.29 is 21.8 Å². The molecule has 124 valence electrons. The van der Waals surface area contributed by atoms with Crippen LogP contribution in [0.2, 0.25) is 0 Å². The third kappa shape index (κ3) is 6.20. The van der Waals surface area contributed by atoms with Crippen LogP contribution in [0.15, 0.2) is 0 Å². The van der Waals surface area contributed by atoms with E-state index in [1.807, 2.05) is 6.92 Å². The Morgan fingerprint density at radius 3 is 2.33 bits per heavy atom. The van der Waals surface area contributed by atoms with E-state index >= 15 is 0 Å². The molecule has 1 rings (SSSR count). The molecule has 5 nitrogen and oxygen atoms in total. The van der Waals surface area contributed by atoms with Crippen LogP contribution in [0.3, 0.4) is 0 Å². The van der Waals surface area contributed by atoms with E-state index in [1.54, 1.807) is 20.8 Å². The highest BCUT2D eigenvalue weighted by atomic mass is 32.3. The molecule has 0 aromatic carbocycles. The number of ether oxygens (including phenoxy) is 1. The third-order valence-corrected chi connectivity index (χ3v) is 4.90. The molecule has 21 heavy (non-hydrogen) atoms. The van der Waals surface area contributed by atoms with E-state index in [1.165, 1.54) is 0 Å². The van der Waals surface area contributed by atoms with Gasteiger partial charge in [-0.3, -0.25) is 0 Å². The van der Waals surface area contributed by atoms with E-state index in [9.17, 15) is 17.1 Å². The summed E-state index contributed by atoms with van der Waals surface area (Å²) in [6, 6.07) is 0. The lowest BCUT2D eigenvalue weighted by atomic mass is 9.61. The fourth-order valence-corrected chi connectivity index (χ4v) is 3.30. The van der Waals surface area contributed by atoms with Gasteiger partial charge >= 0.3 is 16.3 Å². The number of alkyl carbamates (subject to hydrolysis) is 1. The van der Waals surface area contributed by atoms with Gasteiger partial charge in [-0.2, -0.15) is 8.42 Å². The van der Waals surface area contributed by atoms with E-state index in [0.29, 0.717) is 6.54 Å². The summed E-state index contributed by atoms with van der Waals surface area (Å²) in [5.41, 5.74) is -0.688. The Balaban J connectivity index is 2.51. The highest BCUT2D eigenvalue weighted by Crippen LogP contribution is 2.48. The molecule has 1 N–H and O–H groups in total. The Morgan fingerprint density at radius 2 is 1.95 bits per heavy atom. The molecule has 0 bridgehead atoms. The van der Waals surface area contributed by atoms with Gasteiger partial charge in [-0.25, -0.2) is 4.79 Å². The van der Waals surface area contributed by atoms with Gasteiger partial charge in [0, 0.05) is 6.54 Å². The number of nitrogens with one attached hydrogen (secondary N) is 1. The van der Waals surface area contributed by atoms with Crippen LogP contribution in [0.1, 0.15) is 53.4 Å². The minimum Gasteiger partial charge on any atom is -0.444 e. The van der Waals surface area contributed by atoms with Gasteiger partial charge in [0.05, 0.1) is 5.75 Å². The summed E-state index contributed by atoms with van der Waals surface area (Å²) in [6.45, 7) is 7.73. The van der Waals surface area contributed by atoms with Gasteiger partial charge in [-0.15, -0.1) is 3.89 Å². The van der Waals surface area contributed by atoms with Crippen LogP contribution in [0.4, 0.5) is 8.68 Å². The van der Waals surface area contributed by atoms with Crippen LogP contribution in [0, 0.1) is 11.3 Å². The predicted molar refractivity (Wildman–Crippen MR) is 79.2 cm³/mol. The average Bonchev–Trinajstić information content (AvgIpc) is 2.21.